The zero-order chi connectivity index (χ0) is 16.5. The van der Waals surface area contributed by atoms with Gasteiger partial charge in [0.25, 0.3) is 0 Å². The van der Waals surface area contributed by atoms with Gasteiger partial charge in [-0.25, -0.2) is 9.37 Å². The van der Waals surface area contributed by atoms with Crippen LogP contribution in [0.15, 0.2) is 47.6 Å². The van der Waals surface area contributed by atoms with E-state index in [2.05, 4.69) is 20.6 Å². The van der Waals surface area contributed by atoms with E-state index in [1.165, 1.54) is 6.07 Å². The van der Waals surface area contributed by atoms with E-state index < -0.39 is 0 Å². The Labute approximate surface area is 140 Å². The number of pyridine rings is 1. The van der Waals surface area contributed by atoms with Gasteiger partial charge in [0.2, 0.25) is 0 Å². The molecule has 0 unspecified atom stereocenters. The summed E-state index contributed by atoms with van der Waals surface area (Å²) in [5.41, 5.74) is 1.80. The molecule has 23 heavy (non-hydrogen) atoms. The third-order valence-corrected chi connectivity index (χ3v) is 3.59. The number of nitrogens with zero attached hydrogens (tertiary/aromatic N) is 2. The Bertz CT molecular complexity index is 643. The lowest BCUT2D eigenvalue weighted by molar-refractivity contribution is 0.606. The number of nitrogens with one attached hydrogen (secondary N) is 2. The largest absolute Gasteiger partial charge is 0.356 e. The highest BCUT2D eigenvalue weighted by molar-refractivity contribution is 6.29. The second-order valence-corrected chi connectivity index (χ2v) is 5.39. The van der Waals surface area contributed by atoms with Crippen molar-refractivity contribution in [3.63, 3.8) is 0 Å². The summed E-state index contributed by atoms with van der Waals surface area (Å²) in [5.74, 6) is 0.524. The molecule has 0 radical (unpaired) electrons. The molecule has 0 spiro atoms. The number of aliphatic imine (C=N–C) groups is 1. The van der Waals surface area contributed by atoms with Gasteiger partial charge in [0.05, 0.1) is 0 Å². The first-order valence-electron chi connectivity index (χ1n) is 7.47. The van der Waals surface area contributed by atoms with Gasteiger partial charge < -0.3 is 10.6 Å². The van der Waals surface area contributed by atoms with Gasteiger partial charge >= 0.3 is 0 Å². The minimum absolute atomic E-state index is 0.174. The van der Waals surface area contributed by atoms with Crippen molar-refractivity contribution in [3.8, 4) is 0 Å². The Balaban J connectivity index is 1.71. The fourth-order valence-corrected chi connectivity index (χ4v) is 2.23. The van der Waals surface area contributed by atoms with Crippen molar-refractivity contribution < 1.29 is 4.39 Å². The van der Waals surface area contributed by atoms with E-state index in [4.69, 9.17) is 11.6 Å². The lowest BCUT2D eigenvalue weighted by atomic mass is 10.1. The second kappa shape index (κ2) is 9.10. The van der Waals surface area contributed by atoms with Crippen LogP contribution in [0.2, 0.25) is 5.15 Å². The third kappa shape index (κ3) is 5.87. The Morgan fingerprint density at radius 3 is 2.52 bits per heavy atom. The van der Waals surface area contributed by atoms with Gasteiger partial charge in [-0.15, -0.1) is 0 Å². The highest BCUT2D eigenvalue weighted by atomic mass is 35.5. The molecule has 0 aliphatic carbocycles. The summed E-state index contributed by atoms with van der Waals surface area (Å²) < 4.78 is 13.5. The summed E-state index contributed by atoms with van der Waals surface area (Å²) >= 11 is 5.75. The van der Waals surface area contributed by atoms with Crippen molar-refractivity contribution in [2.45, 2.75) is 12.8 Å². The first kappa shape index (κ1) is 17.2. The summed E-state index contributed by atoms with van der Waals surface area (Å²) in [6, 6.07) is 10.5. The number of halogens is 2. The molecule has 0 saturated carbocycles. The summed E-state index contributed by atoms with van der Waals surface area (Å²) in [6.07, 6.45) is 3.19. The predicted octanol–water partition coefficient (Wildman–Crippen LogP) is 2.82. The third-order valence-electron chi connectivity index (χ3n) is 3.36. The van der Waals surface area contributed by atoms with Crippen molar-refractivity contribution >= 4 is 17.6 Å². The lowest BCUT2D eigenvalue weighted by Crippen LogP contribution is -2.39. The van der Waals surface area contributed by atoms with Gasteiger partial charge in [-0.2, -0.15) is 0 Å². The molecule has 0 bridgehead atoms. The standard InChI is InChI=1S/C17H20ClFN4/c1-20-17(21-10-8-13-6-7-16(18)23-12-13)22-11-9-14-4-2-3-5-15(14)19/h2-7,12H,8-11H2,1H3,(H2,20,21,22). The van der Waals surface area contributed by atoms with E-state index in [9.17, 15) is 4.39 Å². The number of guanidine groups is 1. The minimum atomic E-state index is -0.174. The van der Waals surface area contributed by atoms with Crippen LogP contribution in [0.25, 0.3) is 0 Å². The summed E-state index contributed by atoms with van der Waals surface area (Å²) in [5, 5.41) is 6.89. The van der Waals surface area contributed by atoms with Crippen molar-refractivity contribution in [1.82, 2.24) is 15.6 Å². The highest BCUT2D eigenvalue weighted by Gasteiger charge is 2.02. The molecule has 0 atom stereocenters. The molecule has 6 heteroatoms. The molecule has 0 aliphatic rings. The van der Waals surface area contributed by atoms with E-state index in [1.807, 2.05) is 12.1 Å². The molecule has 2 rings (SSSR count). The Kier molecular flexibility index (Phi) is 6.81. The van der Waals surface area contributed by atoms with Crippen molar-refractivity contribution in [1.29, 1.82) is 0 Å². The molecule has 1 aromatic carbocycles. The molecular weight excluding hydrogens is 315 g/mol. The fraction of sp³-hybridized carbons (Fsp3) is 0.294. The van der Waals surface area contributed by atoms with Crippen molar-refractivity contribution in [2.75, 3.05) is 20.1 Å². The molecule has 0 aliphatic heterocycles. The Morgan fingerprint density at radius 1 is 1.13 bits per heavy atom. The summed E-state index contributed by atoms with van der Waals surface area (Å²) in [6.45, 7) is 1.34. The van der Waals surface area contributed by atoms with Gasteiger partial charge in [-0.3, -0.25) is 4.99 Å². The summed E-state index contributed by atoms with van der Waals surface area (Å²) in [4.78, 5) is 8.20. The normalized spacial score (nSPS) is 11.3. The highest BCUT2D eigenvalue weighted by Crippen LogP contribution is 2.06. The molecule has 4 nitrogen and oxygen atoms in total. The first-order chi connectivity index (χ1) is 11.2. The van der Waals surface area contributed by atoms with Crippen LogP contribution in [0.5, 0.6) is 0 Å². The van der Waals surface area contributed by atoms with Crippen molar-refractivity contribution in [2.24, 2.45) is 4.99 Å². The zero-order valence-corrected chi connectivity index (χ0v) is 13.8. The summed E-state index contributed by atoms with van der Waals surface area (Å²) in [7, 11) is 1.71. The second-order valence-electron chi connectivity index (χ2n) is 5.01. The van der Waals surface area contributed by atoms with E-state index in [1.54, 1.807) is 31.4 Å². The van der Waals surface area contributed by atoms with Gasteiger partial charge in [-0.05, 0) is 36.1 Å². The number of hydrogen-bond acceptors (Lipinski definition) is 2. The predicted molar refractivity (Wildman–Crippen MR) is 92.4 cm³/mol. The number of rotatable bonds is 6. The topological polar surface area (TPSA) is 49.3 Å². The molecular formula is C17H20ClFN4. The average molecular weight is 335 g/mol. The van der Waals surface area contributed by atoms with Crippen LogP contribution in [0.1, 0.15) is 11.1 Å². The maximum Gasteiger partial charge on any atom is 0.190 e. The number of hydrogen-bond donors (Lipinski definition) is 2. The van der Waals surface area contributed by atoms with Crippen LogP contribution >= 0.6 is 11.6 Å². The Morgan fingerprint density at radius 2 is 1.87 bits per heavy atom. The first-order valence-corrected chi connectivity index (χ1v) is 7.85. The van der Waals surface area contributed by atoms with E-state index >= 15 is 0 Å². The average Bonchev–Trinajstić information content (AvgIpc) is 2.57. The van der Waals surface area contributed by atoms with Crippen LogP contribution < -0.4 is 10.6 Å². The van der Waals surface area contributed by atoms with Crippen molar-refractivity contribution in [3.05, 3.63) is 64.7 Å². The van der Waals surface area contributed by atoms with Crippen LogP contribution in [-0.4, -0.2) is 31.1 Å². The van der Waals surface area contributed by atoms with Gasteiger partial charge in [0, 0.05) is 26.3 Å². The van der Waals surface area contributed by atoms with Gasteiger partial charge in [0.15, 0.2) is 5.96 Å². The SMILES string of the molecule is CN=C(NCCc1ccc(Cl)nc1)NCCc1ccccc1F. The fourth-order valence-electron chi connectivity index (χ4n) is 2.12. The molecule has 0 saturated heterocycles. The molecule has 122 valence electrons. The van der Waals surface area contributed by atoms with E-state index in [0.717, 1.165) is 18.5 Å². The van der Waals surface area contributed by atoms with Gasteiger partial charge in [0.1, 0.15) is 11.0 Å². The molecule has 1 aromatic heterocycles. The molecule has 2 N–H and O–H groups in total. The lowest BCUT2D eigenvalue weighted by Gasteiger charge is -2.12. The van der Waals surface area contributed by atoms with Crippen LogP contribution in [0.4, 0.5) is 4.39 Å². The molecule has 0 amide bonds. The number of benzene rings is 1. The van der Waals surface area contributed by atoms with Gasteiger partial charge in [-0.1, -0.05) is 35.9 Å². The van der Waals surface area contributed by atoms with Crippen LogP contribution in [0, 0.1) is 5.82 Å². The smallest absolute Gasteiger partial charge is 0.190 e. The molecule has 0 fully saturated rings. The van der Waals surface area contributed by atoms with Crippen LogP contribution in [-0.2, 0) is 12.8 Å². The quantitative estimate of drug-likeness (QED) is 0.485. The van der Waals surface area contributed by atoms with E-state index in [-0.39, 0.29) is 5.82 Å². The van der Waals surface area contributed by atoms with Crippen LogP contribution in [0.3, 0.4) is 0 Å². The number of aromatic nitrogens is 1. The molecule has 1 heterocycles. The minimum Gasteiger partial charge on any atom is -0.356 e. The monoisotopic (exact) mass is 334 g/mol. The van der Waals surface area contributed by atoms with E-state index in [0.29, 0.717) is 29.6 Å². The zero-order valence-electron chi connectivity index (χ0n) is 13.0. The maximum absolute atomic E-state index is 13.5. The maximum atomic E-state index is 13.5. The Hall–Kier alpha value is -2.14. The molecule has 2 aromatic rings.